The van der Waals surface area contributed by atoms with E-state index in [4.69, 9.17) is 37.9 Å². The van der Waals surface area contributed by atoms with E-state index in [2.05, 4.69) is 16.0 Å². The summed E-state index contributed by atoms with van der Waals surface area (Å²) in [5.41, 5.74) is -0.292. The summed E-state index contributed by atoms with van der Waals surface area (Å²) in [7, 11) is 0. The van der Waals surface area contributed by atoms with Crippen molar-refractivity contribution in [3.05, 3.63) is 24.3 Å². The molecule has 3 amide bonds. The van der Waals surface area contributed by atoms with Crippen LogP contribution in [0.1, 0.15) is 54.4 Å². The summed E-state index contributed by atoms with van der Waals surface area (Å²) >= 11 is 0. The molecule has 4 saturated heterocycles. The van der Waals surface area contributed by atoms with Gasteiger partial charge >= 0.3 is 5.97 Å². The van der Waals surface area contributed by atoms with Crippen LogP contribution in [0.4, 0.5) is 5.69 Å². The Morgan fingerprint density at radius 3 is 1.89 bits per heavy atom. The zero-order valence-corrected chi connectivity index (χ0v) is 39.2. The van der Waals surface area contributed by atoms with Crippen molar-refractivity contribution < 1.29 is 118 Å². The average Bonchev–Trinajstić information content (AvgIpc) is 3.31. The monoisotopic (exact) mass is 1010 g/mol. The fourth-order valence-corrected chi connectivity index (χ4v) is 8.29. The van der Waals surface area contributed by atoms with E-state index in [0.29, 0.717) is 12.1 Å². The third-order valence-electron chi connectivity index (χ3n) is 12.8. The van der Waals surface area contributed by atoms with Crippen LogP contribution in [0.5, 0.6) is 5.75 Å². The fraction of sp³-hybridized carbons (Fsp3) is 0.767. The number of benzene rings is 1. The molecule has 398 valence electrons. The largest absolute Gasteiger partial charge is 0.477 e. The van der Waals surface area contributed by atoms with Crippen molar-refractivity contribution in [3.63, 3.8) is 0 Å². The second kappa shape index (κ2) is 23.8. The van der Waals surface area contributed by atoms with Crippen molar-refractivity contribution in [2.24, 2.45) is 5.41 Å². The van der Waals surface area contributed by atoms with E-state index < -0.39 is 178 Å². The van der Waals surface area contributed by atoms with Crippen molar-refractivity contribution in [1.82, 2.24) is 10.6 Å². The van der Waals surface area contributed by atoms with E-state index in [1.54, 1.807) is 13.8 Å². The lowest BCUT2D eigenvalue weighted by Gasteiger charge is -2.51. The minimum absolute atomic E-state index is 0.0845. The number of carbonyl (C=O) groups is 4. The Morgan fingerprint density at radius 1 is 0.757 bits per heavy atom. The Morgan fingerprint density at radius 2 is 1.33 bits per heavy atom. The number of aliphatic hydroxyl groups excluding tert-OH is 11. The van der Waals surface area contributed by atoms with Crippen LogP contribution in [0.2, 0.25) is 0 Å². The molecule has 1 aromatic carbocycles. The zero-order chi connectivity index (χ0) is 52.2. The first-order valence-corrected chi connectivity index (χ1v) is 22.6. The summed E-state index contributed by atoms with van der Waals surface area (Å²) in [6.07, 6.45) is -34.7. The SMILES string of the molecule is CCC(C)(C)C(=O)Nc1ccc(O[C@@H]2OC(CO)[C@@H](O[C@@H]3OC(CO)[C@H](O)[C@H](O[C@]4(C(=O)O)C[C@@H](O)[C@@H](NC(C)=O)C([C@H](O)[C@H](O)CO)O4)C3O)[C@H](O[C@@H]3OC(C)[C@@H](O)[C@H](O)C3O)C2NC(C)=O)cc1. The molecule has 4 aliphatic heterocycles. The number of aliphatic hydroxyl groups is 11. The summed E-state index contributed by atoms with van der Waals surface area (Å²) < 4.78 is 47.7. The fourth-order valence-electron chi connectivity index (χ4n) is 8.29. The van der Waals surface area contributed by atoms with Crippen LogP contribution in [-0.4, -0.2) is 233 Å². The Balaban J connectivity index is 1.52. The number of carboxylic acid groups (broad SMARTS) is 1. The molecule has 15 N–H and O–H groups in total. The van der Waals surface area contributed by atoms with Gasteiger partial charge in [0.25, 0.3) is 5.79 Å². The van der Waals surface area contributed by atoms with Gasteiger partial charge in [-0.15, -0.1) is 0 Å². The molecule has 1 aromatic rings. The highest BCUT2D eigenvalue weighted by Gasteiger charge is 2.61. The molecule has 70 heavy (non-hydrogen) atoms. The lowest BCUT2D eigenvalue weighted by atomic mass is 9.88. The Labute approximate surface area is 401 Å². The molecule has 0 spiro atoms. The molecular weight excluding hydrogens is 942 g/mol. The number of carbonyl (C=O) groups excluding carboxylic acids is 3. The highest BCUT2D eigenvalue weighted by molar-refractivity contribution is 5.94. The maximum Gasteiger partial charge on any atom is 0.364 e. The van der Waals surface area contributed by atoms with Gasteiger partial charge in [-0.25, -0.2) is 4.79 Å². The summed E-state index contributed by atoms with van der Waals surface area (Å²) in [6.45, 7) is 5.73. The van der Waals surface area contributed by atoms with Crippen molar-refractivity contribution in [2.75, 3.05) is 25.1 Å². The Kier molecular flexibility index (Phi) is 19.4. The number of nitrogens with one attached hydrogen (secondary N) is 3. The first kappa shape index (κ1) is 57.1. The zero-order valence-electron chi connectivity index (χ0n) is 39.2. The maximum absolute atomic E-state index is 13.1. The van der Waals surface area contributed by atoms with E-state index in [1.807, 2.05) is 6.92 Å². The number of hydrogen-bond acceptors (Lipinski definition) is 23. The lowest BCUT2D eigenvalue weighted by Crippen LogP contribution is -2.71. The Hall–Kier alpha value is -3.82. The molecule has 0 saturated carbocycles. The molecule has 0 aromatic heterocycles. The number of anilines is 1. The first-order chi connectivity index (χ1) is 32.8. The second-order valence-electron chi connectivity index (χ2n) is 18.3. The van der Waals surface area contributed by atoms with Crippen molar-refractivity contribution in [1.29, 1.82) is 0 Å². The molecule has 0 bridgehead atoms. The summed E-state index contributed by atoms with van der Waals surface area (Å²) in [4.78, 5) is 50.9. The van der Waals surface area contributed by atoms with Gasteiger partial charge in [-0.2, -0.15) is 0 Å². The third kappa shape index (κ3) is 12.7. The van der Waals surface area contributed by atoms with Gasteiger partial charge in [-0.3, -0.25) is 14.4 Å². The standard InChI is InChI=1S/C43H67N3O24/c1-7-42(5,6)40(60)46-19-8-10-20(11-9-19)64-37-26(45-18(4)51)35(68-38-31(58)30(57)27(54)16(2)63-38)33(24(15-49)66-37)67-39-32(59)36(29(56)23(14-48)65-39)70-43(41(61)62)12-21(52)25(44-17(3)50)34(69-43)28(55)22(53)13-47/h8-11,16,21-39,47-49,52-59H,7,12-15H2,1-6H3,(H,44,50)(H,45,51)(H,46,60)(H,61,62)/t16?,21-,22-,23?,24?,25-,26?,27-,28-,29+,30+,31?,32?,33-,34?,35-,36+,37-,38+,39+,43+/m1/s1. The molecule has 0 aliphatic carbocycles. The van der Waals surface area contributed by atoms with Crippen LogP contribution < -0.4 is 20.7 Å². The average molecular weight is 1010 g/mol. The van der Waals surface area contributed by atoms with Gasteiger partial charge in [0.05, 0.1) is 38.1 Å². The number of rotatable bonds is 19. The van der Waals surface area contributed by atoms with Crippen LogP contribution in [0.15, 0.2) is 24.3 Å². The van der Waals surface area contributed by atoms with Gasteiger partial charge in [0.2, 0.25) is 24.0 Å². The van der Waals surface area contributed by atoms with Crippen LogP contribution in [0.25, 0.3) is 0 Å². The highest BCUT2D eigenvalue weighted by atomic mass is 16.8. The van der Waals surface area contributed by atoms with Crippen LogP contribution in [0, 0.1) is 5.41 Å². The number of hydrogen-bond donors (Lipinski definition) is 15. The van der Waals surface area contributed by atoms with Crippen molar-refractivity contribution in [2.45, 2.75) is 183 Å². The quantitative estimate of drug-likeness (QED) is 0.0614. The molecule has 5 rings (SSSR count). The number of amides is 3. The first-order valence-electron chi connectivity index (χ1n) is 22.6. The number of aliphatic carboxylic acids is 1. The molecule has 27 nitrogen and oxygen atoms in total. The number of carboxylic acids is 1. The van der Waals surface area contributed by atoms with Gasteiger partial charge in [-0.1, -0.05) is 20.8 Å². The maximum atomic E-state index is 13.1. The van der Waals surface area contributed by atoms with Crippen LogP contribution in [0.3, 0.4) is 0 Å². The van der Waals surface area contributed by atoms with Gasteiger partial charge in [-0.05, 0) is 37.6 Å². The van der Waals surface area contributed by atoms with Gasteiger partial charge in [0, 0.05) is 31.4 Å². The molecule has 4 heterocycles. The minimum Gasteiger partial charge on any atom is -0.477 e. The summed E-state index contributed by atoms with van der Waals surface area (Å²) in [5, 5.41) is 137. The Bertz CT molecular complexity index is 1920. The van der Waals surface area contributed by atoms with E-state index in [9.17, 15) is 80.5 Å². The molecule has 21 atom stereocenters. The molecule has 27 heteroatoms. The summed E-state index contributed by atoms with van der Waals surface area (Å²) in [5.74, 6) is -6.88. The molecular formula is C43H67N3O24. The van der Waals surface area contributed by atoms with Crippen molar-refractivity contribution in [3.8, 4) is 5.75 Å². The molecule has 0 radical (unpaired) electrons. The van der Waals surface area contributed by atoms with E-state index in [-0.39, 0.29) is 11.7 Å². The highest BCUT2D eigenvalue weighted by Crippen LogP contribution is 2.39. The van der Waals surface area contributed by atoms with E-state index in [1.165, 1.54) is 31.2 Å². The van der Waals surface area contributed by atoms with E-state index >= 15 is 0 Å². The normalized spacial score (nSPS) is 39.0. The smallest absolute Gasteiger partial charge is 0.364 e. The summed E-state index contributed by atoms with van der Waals surface area (Å²) in [6, 6.07) is 2.75. The predicted octanol–water partition coefficient (Wildman–Crippen LogP) is -5.77. The van der Waals surface area contributed by atoms with Gasteiger partial charge < -0.3 is 115 Å². The topological polar surface area (TPSA) is 421 Å². The molecule has 4 aliphatic rings. The van der Waals surface area contributed by atoms with Crippen LogP contribution in [-0.2, 0) is 52.3 Å². The van der Waals surface area contributed by atoms with E-state index in [0.717, 1.165) is 13.8 Å². The predicted molar refractivity (Wildman–Crippen MR) is 230 cm³/mol. The number of ether oxygens (including phenoxy) is 8. The second-order valence-corrected chi connectivity index (χ2v) is 18.3. The van der Waals surface area contributed by atoms with Gasteiger partial charge in [0.15, 0.2) is 12.6 Å². The van der Waals surface area contributed by atoms with Crippen molar-refractivity contribution >= 4 is 29.4 Å². The lowest BCUT2D eigenvalue weighted by molar-refractivity contribution is -0.389. The van der Waals surface area contributed by atoms with Gasteiger partial charge in [0.1, 0.15) is 91.1 Å². The third-order valence-corrected chi connectivity index (χ3v) is 12.8. The van der Waals surface area contributed by atoms with Crippen LogP contribution >= 0.6 is 0 Å². The molecule has 4 fully saturated rings. The minimum atomic E-state index is -3.15. The molecule has 7 unspecified atom stereocenters.